The molecule has 5 nitrogen and oxygen atoms in total. The van der Waals surface area contributed by atoms with E-state index in [1.807, 2.05) is 0 Å². The third kappa shape index (κ3) is 4.51. The van der Waals surface area contributed by atoms with Crippen LogP contribution in [-0.4, -0.2) is 10.9 Å². The van der Waals surface area contributed by atoms with E-state index in [4.69, 9.17) is 4.74 Å². The molecule has 1 aromatic heterocycles. The van der Waals surface area contributed by atoms with E-state index >= 15 is 0 Å². The minimum Gasteiger partial charge on any atom is -0.456 e. The first-order valence-corrected chi connectivity index (χ1v) is 8.71. The average molecular weight is 420 g/mol. The van der Waals surface area contributed by atoms with Crippen molar-refractivity contribution in [3.05, 3.63) is 87.1 Å². The zero-order valence-corrected chi connectivity index (χ0v) is 15.9. The van der Waals surface area contributed by atoms with Crippen LogP contribution in [0.25, 0.3) is 0 Å². The van der Waals surface area contributed by atoms with E-state index in [1.54, 1.807) is 6.92 Å². The highest BCUT2D eigenvalue weighted by Gasteiger charge is 2.32. The summed E-state index contributed by atoms with van der Waals surface area (Å²) in [6.45, 7) is 3.02. The summed E-state index contributed by atoms with van der Waals surface area (Å²) in [4.78, 5) is 26.9. The van der Waals surface area contributed by atoms with Gasteiger partial charge in [0.2, 0.25) is 0 Å². The Balaban J connectivity index is 2.04. The summed E-state index contributed by atoms with van der Waals surface area (Å²) in [6.07, 6.45) is -3.38. The lowest BCUT2D eigenvalue weighted by Crippen LogP contribution is -2.19. The van der Waals surface area contributed by atoms with Gasteiger partial charge in [0.15, 0.2) is 0 Å². The van der Waals surface area contributed by atoms with Crippen molar-refractivity contribution in [2.24, 2.45) is 0 Å². The van der Waals surface area contributed by atoms with Gasteiger partial charge in [0.1, 0.15) is 17.3 Å². The monoisotopic (exact) mass is 420 g/mol. The standard InChI is InChI=1S/C21H16F4N2O3/c1-11-9-14(22)4-6-17(11)30-18-5-3-13(21(23,24)25)10-15(18)20(29)27-16-7-8-26-19(28)12(16)2/h3-10H,1-2H3,(H2,26,27,28,29). The second-order valence-electron chi connectivity index (χ2n) is 6.52. The maximum absolute atomic E-state index is 13.3. The highest BCUT2D eigenvalue weighted by Crippen LogP contribution is 2.35. The number of aryl methyl sites for hydroxylation is 1. The van der Waals surface area contributed by atoms with Crippen LogP contribution in [0.3, 0.4) is 0 Å². The predicted octanol–water partition coefficient (Wildman–Crippen LogP) is 5.19. The Labute approximate surface area is 168 Å². The normalized spacial score (nSPS) is 11.3. The Kier molecular flexibility index (Phi) is 5.64. The molecular weight excluding hydrogens is 404 g/mol. The van der Waals surface area contributed by atoms with Crippen LogP contribution >= 0.6 is 0 Å². The number of aromatic nitrogens is 1. The Hall–Kier alpha value is -3.62. The molecule has 1 amide bonds. The van der Waals surface area contributed by atoms with Crippen LogP contribution < -0.4 is 15.6 Å². The number of carbonyl (C=O) groups excluding carboxylic acids is 1. The highest BCUT2D eigenvalue weighted by molar-refractivity contribution is 6.06. The van der Waals surface area contributed by atoms with Crippen molar-refractivity contribution in [1.82, 2.24) is 4.98 Å². The van der Waals surface area contributed by atoms with Gasteiger partial charge in [-0.1, -0.05) is 0 Å². The van der Waals surface area contributed by atoms with Gasteiger partial charge >= 0.3 is 6.18 Å². The molecule has 0 aliphatic carbocycles. The smallest absolute Gasteiger partial charge is 0.416 e. The average Bonchev–Trinajstić information content (AvgIpc) is 2.67. The fraction of sp³-hybridized carbons (Fsp3) is 0.143. The number of hydrogen-bond acceptors (Lipinski definition) is 3. The van der Waals surface area contributed by atoms with E-state index in [0.29, 0.717) is 11.6 Å². The topological polar surface area (TPSA) is 71.2 Å². The summed E-state index contributed by atoms with van der Waals surface area (Å²) in [5.74, 6) is -1.38. The highest BCUT2D eigenvalue weighted by atomic mass is 19.4. The first kappa shape index (κ1) is 21.1. The molecule has 0 aliphatic heterocycles. The number of ether oxygens (including phenoxy) is 1. The number of amides is 1. The number of halogens is 4. The molecule has 1 heterocycles. The Morgan fingerprint density at radius 3 is 2.40 bits per heavy atom. The number of H-pyrrole nitrogens is 1. The molecule has 0 fully saturated rings. The first-order chi connectivity index (χ1) is 14.1. The number of pyridine rings is 1. The van der Waals surface area contributed by atoms with Crippen molar-refractivity contribution >= 4 is 11.6 Å². The summed E-state index contributed by atoms with van der Waals surface area (Å²) in [7, 11) is 0. The molecular formula is C21H16F4N2O3. The number of rotatable bonds is 4. The van der Waals surface area contributed by atoms with Gasteiger partial charge < -0.3 is 15.0 Å². The second kappa shape index (κ2) is 8.02. The lowest BCUT2D eigenvalue weighted by atomic mass is 10.1. The molecule has 9 heteroatoms. The largest absolute Gasteiger partial charge is 0.456 e. The second-order valence-corrected chi connectivity index (χ2v) is 6.52. The van der Waals surface area contributed by atoms with Gasteiger partial charge in [0.25, 0.3) is 11.5 Å². The zero-order valence-electron chi connectivity index (χ0n) is 15.9. The first-order valence-electron chi connectivity index (χ1n) is 8.71. The third-order valence-electron chi connectivity index (χ3n) is 4.37. The molecule has 156 valence electrons. The molecule has 0 radical (unpaired) electrons. The van der Waals surface area contributed by atoms with E-state index in [2.05, 4.69) is 10.3 Å². The quantitative estimate of drug-likeness (QED) is 0.571. The molecule has 0 atom stereocenters. The summed E-state index contributed by atoms with van der Waals surface area (Å²) in [6, 6.07) is 7.50. The van der Waals surface area contributed by atoms with Crippen LogP contribution in [0, 0.1) is 19.7 Å². The van der Waals surface area contributed by atoms with Crippen molar-refractivity contribution in [2.75, 3.05) is 5.32 Å². The molecule has 0 aliphatic rings. The number of hydrogen-bond donors (Lipinski definition) is 2. The van der Waals surface area contributed by atoms with Crippen molar-refractivity contribution in [1.29, 1.82) is 0 Å². The minimum atomic E-state index is -4.68. The fourth-order valence-electron chi connectivity index (χ4n) is 2.70. The van der Waals surface area contributed by atoms with E-state index in [-0.39, 0.29) is 22.7 Å². The summed E-state index contributed by atoms with van der Waals surface area (Å²) in [5, 5.41) is 2.43. The molecule has 2 N–H and O–H groups in total. The molecule has 3 rings (SSSR count). The van der Waals surface area contributed by atoms with Gasteiger partial charge in [-0.3, -0.25) is 9.59 Å². The van der Waals surface area contributed by atoms with Gasteiger partial charge in [-0.05, 0) is 61.9 Å². The van der Waals surface area contributed by atoms with Gasteiger partial charge in [-0.15, -0.1) is 0 Å². The lowest BCUT2D eigenvalue weighted by molar-refractivity contribution is -0.137. The number of benzene rings is 2. The number of anilines is 1. The molecule has 2 aromatic carbocycles. The van der Waals surface area contributed by atoms with Crippen LogP contribution in [-0.2, 0) is 6.18 Å². The third-order valence-corrected chi connectivity index (χ3v) is 4.37. The van der Waals surface area contributed by atoms with E-state index < -0.39 is 34.6 Å². The molecule has 0 saturated heterocycles. The Bertz CT molecular complexity index is 1170. The minimum absolute atomic E-state index is 0.144. The predicted molar refractivity (Wildman–Crippen MR) is 102 cm³/mol. The van der Waals surface area contributed by atoms with Crippen molar-refractivity contribution in [3.8, 4) is 11.5 Å². The number of nitrogens with one attached hydrogen (secondary N) is 2. The molecule has 0 bridgehead atoms. The van der Waals surface area contributed by atoms with Crippen LogP contribution in [0.5, 0.6) is 11.5 Å². The van der Waals surface area contributed by atoms with E-state index in [1.165, 1.54) is 31.3 Å². The van der Waals surface area contributed by atoms with Crippen LogP contribution in [0.1, 0.15) is 27.0 Å². The SMILES string of the molecule is Cc1cc(F)ccc1Oc1ccc(C(F)(F)F)cc1C(=O)Nc1cc[nH]c(=O)c1C. The number of carbonyl (C=O) groups is 1. The summed E-state index contributed by atoms with van der Waals surface area (Å²) >= 11 is 0. The van der Waals surface area contributed by atoms with Gasteiger partial charge in [-0.2, -0.15) is 13.2 Å². The fourth-order valence-corrected chi connectivity index (χ4v) is 2.70. The summed E-state index contributed by atoms with van der Waals surface area (Å²) in [5.41, 5.74) is -1.16. The van der Waals surface area contributed by atoms with Gasteiger partial charge in [0.05, 0.1) is 16.8 Å². The molecule has 3 aromatic rings. The van der Waals surface area contributed by atoms with E-state index in [0.717, 1.165) is 18.2 Å². The number of alkyl halides is 3. The molecule has 0 saturated carbocycles. The Morgan fingerprint density at radius 1 is 1.03 bits per heavy atom. The van der Waals surface area contributed by atoms with Crippen molar-refractivity contribution in [2.45, 2.75) is 20.0 Å². The van der Waals surface area contributed by atoms with Gasteiger partial charge in [0, 0.05) is 11.8 Å². The summed E-state index contributed by atoms with van der Waals surface area (Å²) < 4.78 is 58.5. The van der Waals surface area contributed by atoms with Crippen molar-refractivity contribution in [3.63, 3.8) is 0 Å². The zero-order chi connectivity index (χ0) is 22.1. The van der Waals surface area contributed by atoms with Gasteiger partial charge in [-0.25, -0.2) is 4.39 Å². The van der Waals surface area contributed by atoms with Crippen molar-refractivity contribution < 1.29 is 27.1 Å². The van der Waals surface area contributed by atoms with Crippen LogP contribution in [0.2, 0.25) is 0 Å². The number of aromatic amines is 1. The molecule has 0 unspecified atom stereocenters. The maximum Gasteiger partial charge on any atom is 0.416 e. The Morgan fingerprint density at radius 2 is 1.73 bits per heavy atom. The molecule has 30 heavy (non-hydrogen) atoms. The van der Waals surface area contributed by atoms with Crippen LogP contribution in [0.4, 0.5) is 23.2 Å². The molecule has 0 spiro atoms. The lowest BCUT2D eigenvalue weighted by Gasteiger charge is -2.16. The van der Waals surface area contributed by atoms with Crippen LogP contribution in [0.15, 0.2) is 53.5 Å². The van der Waals surface area contributed by atoms with E-state index in [9.17, 15) is 27.2 Å². The maximum atomic E-state index is 13.3.